The summed E-state index contributed by atoms with van der Waals surface area (Å²) in [4.78, 5) is 34.2. The molecule has 29 heavy (non-hydrogen) atoms. The summed E-state index contributed by atoms with van der Waals surface area (Å²) in [5.74, 6) is -1.68. The van der Waals surface area contributed by atoms with E-state index in [4.69, 9.17) is 0 Å². The second-order valence-corrected chi connectivity index (χ2v) is 6.44. The average Bonchev–Trinajstić information content (AvgIpc) is 2.74. The maximum Gasteiger partial charge on any atom is 0.326 e. The van der Waals surface area contributed by atoms with Crippen LogP contribution < -0.4 is 5.32 Å². The molecule has 0 aliphatic carbocycles. The van der Waals surface area contributed by atoms with Gasteiger partial charge in [0.05, 0.1) is 4.92 Å². The van der Waals surface area contributed by atoms with Crippen LogP contribution in [0.25, 0.3) is 11.1 Å². The first-order valence-corrected chi connectivity index (χ1v) is 8.86. The topological polar surface area (TPSA) is 110 Å². The number of hydrogen-bond acceptors (Lipinski definition) is 4. The van der Waals surface area contributed by atoms with Crippen LogP contribution in [0.4, 0.5) is 5.69 Å². The monoisotopic (exact) mass is 390 g/mol. The third-order valence-electron chi connectivity index (χ3n) is 4.44. The number of hydrogen-bond donors (Lipinski definition) is 2. The number of non-ortho nitro benzene ring substituents is 1. The Balaban J connectivity index is 1.69. The van der Waals surface area contributed by atoms with Crippen molar-refractivity contribution in [2.75, 3.05) is 0 Å². The fourth-order valence-corrected chi connectivity index (χ4v) is 2.88. The number of carboxylic acids is 1. The Hall–Kier alpha value is -4.00. The number of nitro benzene ring substituents is 1. The molecule has 0 radical (unpaired) electrons. The number of nitrogens with one attached hydrogen (secondary N) is 1. The number of benzene rings is 3. The smallest absolute Gasteiger partial charge is 0.326 e. The summed E-state index contributed by atoms with van der Waals surface area (Å²) in [6, 6.07) is 21.0. The van der Waals surface area contributed by atoms with E-state index in [9.17, 15) is 24.8 Å². The molecular formula is C22H18N2O5. The molecule has 3 aromatic rings. The summed E-state index contributed by atoms with van der Waals surface area (Å²) in [6.45, 7) is 0. The first-order chi connectivity index (χ1) is 13.9. The van der Waals surface area contributed by atoms with Crippen LogP contribution in [0, 0.1) is 10.1 Å². The van der Waals surface area contributed by atoms with Gasteiger partial charge in [-0.05, 0) is 28.8 Å². The van der Waals surface area contributed by atoms with Gasteiger partial charge in [0.2, 0.25) is 0 Å². The number of carbonyl (C=O) groups is 2. The maximum atomic E-state index is 12.5. The quantitative estimate of drug-likeness (QED) is 0.472. The van der Waals surface area contributed by atoms with Crippen LogP contribution >= 0.6 is 0 Å². The summed E-state index contributed by atoms with van der Waals surface area (Å²) in [5.41, 5.74) is 2.80. The van der Waals surface area contributed by atoms with Gasteiger partial charge in [0.25, 0.3) is 11.6 Å². The fraction of sp³-hybridized carbons (Fsp3) is 0.0909. The van der Waals surface area contributed by atoms with Crippen molar-refractivity contribution in [1.82, 2.24) is 5.32 Å². The third kappa shape index (κ3) is 5.04. The van der Waals surface area contributed by atoms with Crippen LogP contribution in [0.5, 0.6) is 0 Å². The lowest BCUT2D eigenvalue weighted by Gasteiger charge is -2.15. The molecule has 0 aliphatic rings. The molecule has 0 saturated heterocycles. The molecule has 1 amide bonds. The van der Waals surface area contributed by atoms with Crippen LogP contribution in [0.15, 0.2) is 78.9 Å². The molecule has 0 heterocycles. The lowest BCUT2D eigenvalue weighted by molar-refractivity contribution is -0.384. The molecule has 0 aliphatic heterocycles. The van der Waals surface area contributed by atoms with E-state index in [0.717, 1.165) is 11.1 Å². The van der Waals surface area contributed by atoms with Crippen molar-refractivity contribution in [1.29, 1.82) is 0 Å². The Kier molecular flexibility index (Phi) is 5.99. The van der Waals surface area contributed by atoms with Crippen molar-refractivity contribution in [3.05, 3.63) is 100 Å². The van der Waals surface area contributed by atoms with Gasteiger partial charge in [0.1, 0.15) is 6.04 Å². The highest BCUT2D eigenvalue weighted by molar-refractivity contribution is 5.97. The number of carbonyl (C=O) groups excluding carboxylic acids is 1. The third-order valence-corrected chi connectivity index (χ3v) is 4.44. The van der Waals surface area contributed by atoms with E-state index in [1.807, 2.05) is 30.3 Å². The molecule has 7 heteroatoms. The molecule has 0 unspecified atom stereocenters. The van der Waals surface area contributed by atoms with Crippen LogP contribution in [0.1, 0.15) is 15.9 Å². The standard InChI is InChI=1S/C22H18N2O5/c25-21(18-10-8-17(9-11-18)16-4-2-1-3-5-16)23-20(22(26)27)14-15-6-12-19(13-7-15)24(28)29/h1-13,20H,14H2,(H,23,25)(H,26,27)/t20-/m0/s1. The van der Waals surface area contributed by atoms with E-state index in [-0.39, 0.29) is 12.1 Å². The van der Waals surface area contributed by atoms with E-state index in [0.29, 0.717) is 11.1 Å². The summed E-state index contributed by atoms with van der Waals surface area (Å²) in [5, 5.41) is 22.7. The van der Waals surface area contributed by atoms with E-state index in [1.165, 1.54) is 24.3 Å². The predicted molar refractivity (Wildman–Crippen MR) is 108 cm³/mol. The summed E-state index contributed by atoms with van der Waals surface area (Å²) in [6.07, 6.45) is 0.0150. The normalized spacial score (nSPS) is 11.4. The fourth-order valence-electron chi connectivity index (χ4n) is 2.88. The Morgan fingerprint density at radius 1 is 0.897 bits per heavy atom. The highest BCUT2D eigenvalue weighted by Crippen LogP contribution is 2.19. The Bertz CT molecular complexity index is 1020. The highest BCUT2D eigenvalue weighted by atomic mass is 16.6. The first-order valence-electron chi connectivity index (χ1n) is 8.86. The number of amides is 1. The Labute approximate surface area is 166 Å². The first kappa shape index (κ1) is 19.8. The van der Waals surface area contributed by atoms with Gasteiger partial charge >= 0.3 is 5.97 Å². The molecule has 0 spiro atoms. The van der Waals surface area contributed by atoms with Crippen LogP contribution in [0.2, 0.25) is 0 Å². The average molecular weight is 390 g/mol. The van der Waals surface area contributed by atoms with Gasteiger partial charge in [-0.15, -0.1) is 0 Å². The van der Waals surface area contributed by atoms with Crippen molar-refractivity contribution >= 4 is 17.6 Å². The molecular weight excluding hydrogens is 372 g/mol. The van der Waals surface area contributed by atoms with E-state index < -0.39 is 22.8 Å². The number of carboxylic acid groups (broad SMARTS) is 1. The molecule has 2 N–H and O–H groups in total. The SMILES string of the molecule is O=C(N[C@@H](Cc1ccc([N+](=O)[O-])cc1)C(=O)O)c1ccc(-c2ccccc2)cc1. The zero-order chi connectivity index (χ0) is 20.8. The lowest BCUT2D eigenvalue weighted by atomic mass is 10.0. The molecule has 1 atom stereocenters. The van der Waals surface area contributed by atoms with Gasteiger partial charge < -0.3 is 10.4 Å². The van der Waals surface area contributed by atoms with Crippen LogP contribution in [-0.2, 0) is 11.2 Å². The van der Waals surface area contributed by atoms with Gasteiger partial charge in [-0.1, -0.05) is 54.6 Å². The molecule has 0 saturated carbocycles. The molecule has 3 rings (SSSR count). The summed E-state index contributed by atoms with van der Waals surface area (Å²) in [7, 11) is 0. The molecule has 0 bridgehead atoms. The number of aliphatic carboxylic acids is 1. The highest BCUT2D eigenvalue weighted by Gasteiger charge is 2.21. The van der Waals surface area contributed by atoms with Gasteiger partial charge in [-0.3, -0.25) is 14.9 Å². The van der Waals surface area contributed by atoms with Crippen molar-refractivity contribution in [3.8, 4) is 11.1 Å². The van der Waals surface area contributed by atoms with E-state index >= 15 is 0 Å². The number of nitro groups is 1. The summed E-state index contributed by atoms with van der Waals surface area (Å²) < 4.78 is 0. The van der Waals surface area contributed by atoms with E-state index in [2.05, 4.69) is 5.32 Å². The minimum atomic E-state index is -1.18. The maximum absolute atomic E-state index is 12.5. The van der Waals surface area contributed by atoms with Crippen molar-refractivity contribution in [2.24, 2.45) is 0 Å². The number of nitrogens with zero attached hydrogens (tertiary/aromatic N) is 1. The zero-order valence-electron chi connectivity index (χ0n) is 15.3. The Morgan fingerprint density at radius 3 is 2.03 bits per heavy atom. The summed E-state index contributed by atoms with van der Waals surface area (Å²) >= 11 is 0. The van der Waals surface area contributed by atoms with Crippen molar-refractivity contribution in [2.45, 2.75) is 12.5 Å². The van der Waals surface area contributed by atoms with Gasteiger partial charge in [0.15, 0.2) is 0 Å². The predicted octanol–water partition coefficient (Wildman–Crippen LogP) is 3.69. The largest absolute Gasteiger partial charge is 0.480 e. The number of rotatable bonds is 7. The molecule has 0 fully saturated rings. The lowest BCUT2D eigenvalue weighted by Crippen LogP contribution is -2.42. The van der Waals surface area contributed by atoms with Crippen molar-refractivity contribution < 1.29 is 19.6 Å². The molecule has 3 aromatic carbocycles. The molecule has 0 aromatic heterocycles. The zero-order valence-corrected chi connectivity index (χ0v) is 15.3. The van der Waals surface area contributed by atoms with Crippen LogP contribution in [-0.4, -0.2) is 27.9 Å². The van der Waals surface area contributed by atoms with Gasteiger partial charge in [0, 0.05) is 24.1 Å². The van der Waals surface area contributed by atoms with Crippen LogP contribution in [0.3, 0.4) is 0 Å². The second kappa shape index (κ2) is 8.79. The van der Waals surface area contributed by atoms with E-state index in [1.54, 1.807) is 24.3 Å². The Morgan fingerprint density at radius 2 is 1.48 bits per heavy atom. The second-order valence-electron chi connectivity index (χ2n) is 6.44. The molecule has 146 valence electrons. The molecule has 7 nitrogen and oxygen atoms in total. The minimum absolute atomic E-state index is 0.0150. The van der Waals surface area contributed by atoms with Crippen molar-refractivity contribution in [3.63, 3.8) is 0 Å². The minimum Gasteiger partial charge on any atom is -0.480 e. The van der Waals surface area contributed by atoms with Gasteiger partial charge in [-0.25, -0.2) is 4.79 Å². The van der Waals surface area contributed by atoms with Gasteiger partial charge in [-0.2, -0.15) is 0 Å².